The summed E-state index contributed by atoms with van der Waals surface area (Å²) in [7, 11) is 0. The molecule has 0 fully saturated rings. The molecule has 0 atom stereocenters. The molecule has 0 amide bonds. The van der Waals surface area contributed by atoms with Crippen molar-refractivity contribution in [3.05, 3.63) is 23.8 Å². The zero-order valence-corrected chi connectivity index (χ0v) is 8.80. The van der Waals surface area contributed by atoms with E-state index in [1.54, 1.807) is 12.1 Å². The van der Waals surface area contributed by atoms with Gasteiger partial charge in [0.2, 0.25) is 0 Å². The Kier molecular flexibility index (Phi) is 3.98. The molecule has 0 aliphatic rings. The van der Waals surface area contributed by atoms with Gasteiger partial charge in [-0.15, -0.1) is 11.8 Å². The first-order valence-corrected chi connectivity index (χ1v) is 5.51. The minimum atomic E-state index is -0.0320. The normalized spacial score (nSPS) is 10.1. The summed E-state index contributed by atoms with van der Waals surface area (Å²) >= 11 is 1.44. The van der Waals surface area contributed by atoms with Crippen molar-refractivity contribution in [1.29, 1.82) is 0 Å². The van der Waals surface area contributed by atoms with Crippen LogP contribution < -0.4 is 5.73 Å². The topological polar surface area (TPSA) is 63.3 Å². The minimum Gasteiger partial charge on any atom is -0.507 e. The van der Waals surface area contributed by atoms with Crippen molar-refractivity contribution in [3.8, 4) is 5.75 Å². The summed E-state index contributed by atoms with van der Waals surface area (Å²) in [6.07, 6.45) is 2.19. The molecular weight excluding hydrogens is 198 g/mol. The lowest BCUT2D eigenvalue weighted by Gasteiger charge is -2.03. The van der Waals surface area contributed by atoms with Crippen LogP contribution in [0.1, 0.15) is 16.8 Å². The highest BCUT2D eigenvalue weighted by Gasteiger charge is 2.07. The Balaban J connectivity index is 2.91. The number of carbonyl (C=O) groups excluding carboxylic acids is 1. The summed E-state index contributed by atoms with van der Waals surface area (Å²) in [5.41, 5.74) is 5.79. The summed E-state index contributed by atoms with van der Waals surface area (Å²) in [6, 6.07) is 4.94. The number of rotatable bonds is 4. The summed E-state index contributed by atoms with van der Waals surface area (Å²) in [5, 5.41) is 9.50. The molecule has 0 saturated carbocycles. The first-order valence-electron chi connectivity index (χ1n) is 4.29. The van der Waals surface area contributed by atoms with E-state index in [-0.39, 0.29) is 11.5 Å². The van der Waals surface area contributed by atoms with Gasteiger partial charge in [-0.3, -0.25) is 4.79 Å². The highest BCUT2D eigenvalue weighted by atomic mass is 32.2. The molecule has 14 heavy (non-hydrogen) atoms. The molecular formula is C10H13NO2S. The van der Waals surface area contributed by atoms with Crippen LogP contribution in [0.15, 0.2) is 23.1 Å². The molecule has 0 bridgehead atoms. The van der Waals surface area contributed by atoms with Gasteiger partial charge in [0.05, 0.1) is 0 Å². The maximum atomic E-state index is 11.4. The lowest BCUT2D eigenvalue weighted by Crippen LogP contribution is -2.07. The molecule has 0 spiro atoms. The molecule has 1 rings (SSSR count). The monoisotopic (exact) mass is 211 g/mol. The molecule has 1 aromatic rings. The summed E-state index contributed by atoms with van der Waals surface area (Å²) in [5.74, 6) is 0.121. The van der Waals surface area contributed by atoms with Gasteiger partial charge >= 0.3 is 0 Å². The summed E-state index contributed by atoms with van der Waals surface area (Å²) in [4.78, 5) is 12.2. The van der Waals surface area contributed by atoms with E-state index >= 15 is 0 Å². The summed E-state index contributed by atoms with van der Waals surface area (Å²) < 4.78 is 0. The maximum absolute atomic E-state index is 11.4. The molecule has 0 aromatic heterocycles. The van der Waals surface area contributed by atoms with Crippen LogP contribution in [0, 0.1) is 0 Å². The smallest absolute Gasteiger partial charge is 0.164 e. The molecule has 76 valence electrons. The van der Waals surface area contributed by atoms with Crippen molar-refractivity contribution in [3.63, 3.8) is 0 Å². The molecule has 0 unspecified atom stereocenters. The van der Waals surface area contributed by atoms with Gasteiger partial charge in [-0.05, 0) is 24.9 Å². The van der Waals surface area contributed by atoms with E-state index in [9.17, 15) is 9.90 Å². The van der Waals surface area contributed by atoms with Crippen molar-refractivity contribution in [1.82, 2.24) is 0 Å². The van der Waals surface area contributed by atoms with Crippen LogP contribution in [0.2, 0.25) is 0 Å². The minimum absolute atomic E-state index is 0.0320. The molecule has 0 aliphatic heterocycles. The van der Waals surface area contributed by atoms with Gasteiger partial charge < -0.3 is 10.8 Å². The first-order chi connectivity index (χ1) is 6.69. The average molecular weight is 211 g/mol. The third-order valence-electron chi connectivity index (χ3n) is 1.87. The van der Waals surface area contributed by atoms with Crippen LogP contribution in [0.3, 0.4) is 0 Å². The average Bonchev–Trinajstić information content (AvgIpc) is 2.18. The number of hydrogen-bond acceptors (Lipinski definition) is 4. The second-order valence-electron chi connectivity index (χ2n) is 2.85. The van der Waals surface area contributed by atoms with E-state index in [0.717, 1.165) is 4.90 Å². The predicted octanol–water partition coefficient (Wildman–Crippen LogP) is 1.65. The molecule has 0 aliphatic carbocycles. The SMILES string of the molecule is CSc1ccc(C(=O)CCN)cc1O. The van der Waals surface area contributed by atoms with Gasteiger partial charge in [0, 0.05) is 16.9 Å². The van der Waals surface area contributed by atoms with Gasteiger partial charge in [0.25, 0.3) is 0 Å². The molecule has 0 heterocycles. The Morgan fingerprint density at radius 2 is 2.29 bits per heavy atom. The van der Waals surface area contributed by atoms with Crippen LogP contribution in [-0.4, -0.2) is 23.7 Å². The van der Waals surface area contributed by atoms with Crippen LogP contribution in [0.5, 0.6) is 5.75 Å². The third-order valence-corrected chi connectivity index (χ3v) is 2.66. The van der Waals surface area contributed by atoms with Gasteiger partial charge in [0.1, 0.15) is 5.75 Å². The summed E-state index contributed by atoms with van der Waals surface area (Å²) in [6.45, 7) is 0.337. The molecule has 0 saturated heterocycles. The second-order valence-corrected chi connectivity index (χ2v) is 3.70. The number of Topliss-reactive ketones (excluding diaryl/α,β-unsaturated/α-hetero) is 1. The Hall–Kier alpha value is -1.00. The van der Waals surface area contributed by atoms with Crippen LogP contribution >= 0.6 is 11.8 Å². The molecule has 3 nitrogen and oxygen atoms in total. The van der Waals surface area contributed by atoms with E-state index in [0.29, 0.717) is 18.5 Å². The second kappa shape index (κ2) is 5.02. The van der Waals surface area contributed by atoms with E-state index in [4.69, 9.17) is 5.73 Å². The Labute approximate surface area is 87.3 Å². The largest absolute Gasteiger partial charge is 0.507 e. The molecule has 0 radical (unpaired) electrons. The number of ketones is 1. The van der Waals surface area contributed by atoms with Gasteiger partial charge in [-0.25, -0.2) is 0 Å². The van der Waals surface area contributed by atoms with E-state index in [1.807, 2.05) is 6.26 Å². The Morgan fingerprint density at radius 1 is 1.57 bits per heavy atom. The fourth-order valence-electron chi connectivity index (χ4n) is 1.14. The highest BCUT2D eigenvalue weighted by molar-refractivity contribution is 7.98. The van der Waals surface area contributed by atoms with Crippen molar-refractivity contribution in [2.24, 2.45) is 5.73 Å². The zero-order chi connectivity index (χ0) is 10.6. The van der Waals surface area contributed by atoms with Crippen molar-refractivity contribution in [2.45, 2.75) is 11.3 Å². The van der Waals surface area contributed by atoms with Crippen molar-refractivity contribution < 1.29 is 9.90 Å². The number of phenolic OH excluding ortho intramolecular Hbond substituents is 1. The molecule has 1 aromatic carbocycles. The lowest BCUT2D eigenvalue weighted by molar-refractivity contribution is 0.0985. The van der Waals surface area contributed by atoms with Gasteiger partial charge in [0.15, 0.2) is 5.78 Å². The lowest BCUT2D eigenvalue weighted by atomic mass is 10.1. The highest BCUT2D eigenvalue weighted by Crippen LogP contribution is 2.27. The maximum Gasteiger partial charge on any atom is 0.164 e. The third kappa shape index (κ3) is 2.49. The first kappa shape index (κ1) is 11.1. The van der Waals surface area contributed by atoms with Crippen molar-refractivity contribution in [2.75, 3.05) is 12.8 Å². The van der Waals surface area contributed by atoms with Crippen molar-refractivity contribution >= 4 is 17.5 Å². The predicted molar refractivity (Wildman–Crippen MR) is 57.9 cm³/mol. The fraction of sp³-hybridized carbons (Fsp3) is 0.300. The number of thioether (sulfide) groups is 1. The van der Waals surface area contributed by atoms with Gasteiger partial charge in [-0.2, -0.15) is 0 Å². The quantitative estimate of drug-likeness (QED) is 0.587. The number of nitrogens with two attached hydrogens (primary N) is 1. The Bertz CT molecular complexity index is 339. The fourth-order valence-corrected chi connectivity index (χ4v) is 1.61. The van der Waals surface area contributed by atoms with E-state index in [1.165, 1.54) is 17.8 Å². The van der Waals surface area contributed by atoms with E-state index in [2.05, 4.69) is 0 Å². The van der Waals surface area contributed by atoms with Crippen LogP contribution in [-0.2, 0) is 0 Å². The number of carbonyl (C=O) groups is 1. The number of aromatic hydroxyl groups is 1. The van der Waals surface area contributed by atoms with Gasteiger partial charge in [-0.1, -0.05) is 6.07 Å². The van der Waals surface area contributed by atoms with E-state index < -0.39 is 0 Å². The number of hydrogen-bond donors (Lipinski definition) is 2. The van der Waals surface area contributed by atoms with Crippen LogP contribution in [0.4, 0.5) is 0 Å². The standard InChI is InChI=1S/C10H13NO2S/c1-14-10-3-2-7(6-9(10)13)8(12)4-5-11/h2-3,6,13H,4-5,11H2,1H3. The number of phenols is 1. The van der Waals surface area contributed by atoms with Crippen LogP contribution in [0.25, 0.3) is 0 Å². The molecule has 4 heteroatoms. The number of benzene rings is 1. The Morgan fingerprint density at radius 3 is 2.79 bits per heavy atom. The zero-order valence-electron chi connectivity index (χ0n) is 7.99. The molecule has 3 N–H and O–H groups in total.